The van der Waals surface area contributed by atoms with Crippen molar-refractivity contribution in [3.63, 3.8) is 0 Å². The van der Waals surface area contributed by atoms with Crippen molar-refractivity contribution in [2.75, 3.05) is 0 Å². The first-order valence-electron chi connectivity index (χ1n) is 12.1. The summed E-state index contributed by atoms with van der Waals surface area (Å²) in [6.07, 6.45) is 1.46. The van der Waals surface area contributed by atoms with Gasteiger partial charge in [-0.15, -0.1) is 0 Å². The van der Waals surface area contributed by atoms with Crippen LogP contribution in [-0.4, -0.2) is 28.2 Å². The maximum absolute atomic E-state index is 13.3. The number of hydrazone groups is 1. The minimum Gasteiger partial charge on any atom is -0.457 e. The third-order valence-corrected chi connectivity index (χ3v) is 5.80. The second-order valence-electron chi connectivity index (χ2n) is 8.48. The van der Waals surface area contributed by atoms with Crippen LogP contribution < -0.4 is 21.0 Å². The predicted molar refractivity (Wildman–Crippen MR) is 148 cm³/mol. The second-order valence-corrected chi connectivity index (χ2v) is 8.48. The van der Waals surface area contributed by atoms with Gasteiger partial charge in [-0.1, -0.05) is 66.7 Å². The normalized spacial score (nSPS) is 11.7. The summed E-state index contributed by atoms with van der Waals surface area (Å²) in [7, 11) is 0. The molecule has 4 aromatic carbocycles. The number of fused-ring (bicyclic) bond motifs is 1. The maximum atomic E-state index is 13.3. The van der Waals surface area contributed by atoms with Crippen LogP contribution in [0.3, 0.4) is 0 Å². The summed E-state index contributed by atoms with van der Waals surface area (Å²) in [6, 6.07) is 30.5. The Labute approximate surface area is 223 Å². The lowest BCUT2D eigenvalue weighted by molar-refractivity contribution is -0.123. The quantitative estimate of drug-likeness (QED) is 0.209. The Morgan fingerprint density at radius 3 is 2.26 bits per heavy atom. The van der Waals surface area contributed by atoms with Crippen molar-refractivity contribution in [2.45, 2.75) is 6.04 Å². The number of carbonyl (C=O) groups excluding carboxylic acids is 2. The molecule has 39 heavy (non-hydrogen) atoms. The van der Waals surface area contributed by atoms with E-state index in [1.807, 2.05) is 36.4 Å². The third-order valence-electron chi connectivity index (χ3n) is 5.80. The van der Waals surface area contributed by atoms with E-state index in [2.05, 4.69) is 26.0 Å². The summed E-state index contributed by atoms with van der Waals surface area (Å²) >= 11 is 0. The topological polar surface area (TPSA) is 126 Å². The summed E-state index contributed by atoms with van der Waals surface area (Å²) in [6.45, 7) is 0. The van der Waals surface area contributed by atoms with Crippen molar-refractivity contribution in [1.29, 1.82) is 0 Å². The number of hydrogen-bond acceptors (Lipinski definition) is 6. The van der Waals surface area contributed by atoms with Crippen molar-refractivity contribution in [3.05, 3.63) is 136 Å². The van der Waals surface area contributed by atoms with Gasteiger partial charge in [0.25, 0.3) is 17.4 Å². The van der Waals surface area contributed by atoms with E-state index in [9.17, 15) is 14.4 Å². The van der Waals surface area contributed by atoms with E-state index in [1.165, 1.54) is 6.21 Å². The predicted octanol–water partition coefficient (Wildman–Crippen LogP) is 4.34. The molecule has 9 nitrogen and oxygen atoms in total. The molecular weight excluding hydrogens is 494 g/mol. The number of benzene rings is 4. The van der Waals surface area contributed by atoms with Crippen LogP contribution >= 0.6 is 0 Å². The first-order chi connectivity index (χ1) is 19.1. The van der Waals surface area contributed by atoms with E-state index in [-0.39, 0.29) is 5.69 Å². The number of nitrogens with zero attached hydrogens (tertiary/aromatic N) is 2. The van der Waals surface area contributed by atoms with Gasteiger partial charge in [-0.05, 0) is 48.0 Å². The lowest BCUT2D eigenvalue weighted by Crippen LogP contribution is -2.40. The zero-order valence-corrected chi connectivity index (χ0v) is 20.6. The molecule has 0 bridgehead atoms. The number of carbonyl (C=O) groups is 2. The number of H-pyrrole nitrogens is 1. The van der Waals surface area contributed by atoms with E-state index < -0.39 is 23.4 Å². The smallest absolute Gasteiger partial charge is 0.272 e. The van der Waals surface area contributed by atoms with Crippen molar-refractivity contribution < 1.29 is 14.3 Å². The molecule has 1 heterocycles. The molecule has 5 rings (SSSR count). The van der Waals surface area contributed by atoms with Crippen LogP contribution in [0.25, 0.3) is 10.8 Å². The molecule has 0 radical (unpaired) electrons. The van der Waals surface area contributed by atoms with Gasteiger partial charge in [-0.2, -0.15) is 10.2 Å². The Balaban J connectivity index is 1.39. The minimum absolute atomic E-state index is 0.181. The van der Waals surface area contributed by atoms with Gasteiger partial charge in [0.05, 0.1) is 11.6 Å². The first kappa shape index (κ1) is 25.1. The molecule has 192 valence electrons. The number of aromatic amines is 1. The molecule has 0 aliphatic heterocycles. The highest BCUT2D eigenvalue weighted by molar-refractivity contribution is 5.99. The number of aromatic nitrogens is 2. The Hall–Kier alpha value is -5.57. The van der Waals surface area contributed by atoms with E-state index in [0.29, 0.717) is 33.4 Å². The van der Waals surface area contributed by atoms with Crippen LogP contribution in [0.4, 0.5) is 0 Å². The van der Waals surface area contributed by atoms with Gasteiger partial charge < -0.3 is 10.1 Å². The number of amides is 2. The average Bonchev–Trinajstić information content (AvgIpc) is 2.97. The lowest BCUT2D eigenvalue weighted by atomic mass is 10.0. The van der Waals surface area contributed by atoms with E-state index in [4.69, 9.17) is 4.74 Å². The number of ether oxygens (including phenoxy) is 1. The fraction of sp³-hybridized carbons (Fsp3) is 0.0333. The fourth-order valence-corrected chi connectivity index (χ4v) is 3.94. The van der Waals surface area contributed by atoms with Crippen LogP contribution in [0.5, 0.6) is 11.5 Å². The SMILES string of the molecule is O=C(N[C@H](C(=O)NN=Cc1cccc(Oc2ccccc2)c1)c1n[nH]c(=O)c2ccccc12)c1ccccc1. The molecule has 5 aromatic rings. The lowest BCUT2D eigenvalue weighted by Gasteiger charge is -2.18. The fourth-order valence-electron chi connectivity index (χ4n) is 3.94. The first-order valence-corrected chi connectivity index (χ1v) is 12.1. The van der Waals surface area contributed by atoms with Crippen LogP contribution in [0, 0.1) is 0 Å². The second kappa shape index (κ2) is 11.7. The largest absolute Gasteiger partial charge is 0.457 e. The monoisotopic (exact) mass is 517 g/mol. The van der Waals surface area contributed by atoms with Crippen LogP contribution in [0.1, 0.15) is 27.7 Å². The molecular formula is C30H23N5O4. The Morgan fingerprint density at radius 1 is 0.821 bits per heavy atom. The van der Waals surface area contributed by atoms with Crippen LogP contribution in [0.15, 0.2) is 119 Å². The highest BCUT2D eigenvalue weighted by atomic mass is 16.5. The van der Waals surface area contributed by atoms with Gasteiger partial charge in [0.15, 0.2) is 6.04 Å². The van der Waals surface area contributed by atoms with Crippen LogP contribution in [0.2, 0.25) is 0 Å². The molecule has 1 aromatic heterocycles. The van der Waals surface area contributed by atoms with Crippen molar-refractivity contribution in [1.82, 2.24) is 20.9 Å². The Morgan fingerprint density at radius 2 is 1.49 bits per heavy atom. The van der Waals surface area contributed by atoms with Gasteiger partial charge in [-0.25, -0.2) is 10.5 Å². The van der Waals surface area contributed by atoms with Gasteiger partial charge in [-0.3, -0.25) is 14.4 Å². The Kier molecular flexibility index (Phi) is 7.50. The van der Waals surface area contributed by atoms with Gasteiger partial charge in [0.1, 0.15) is 17.2 Å². The van der Waals surface area contributed by atoms with Gasteiger partial charge in [0, 0.05) is 10.9 Å². The summed E-state index contributed by atoms with van der Waals surface area (Å²) in [4.78, 5) is 38.6. The molecule has 0 saturated heterocycles. The molecule has 1 atom stereocenters. The Bertz CT molecular complexity index is 1700. The molecule has 0 fully saturated rings. The zero-order valence-electron chi connectivity index (χ0n) is 20.6. The van der Waals surface area contributed by atoms with Crippen LogP contribution in [-0.2, 0) is 4.79 Å². The highest BCUT2D eigenvalue weighted by Crippen LogP contribution is 2.22. The molecule has 0 unspecified atom stereocenters. The molecule has 0 aliphatic carbocycles. The summed E-state index contributed by atoms with van der Waals surface area (Å²) in [5.41, 5.74) is 3.30. The minimum atomic E-state index is -1.25. The number of nitrogens with one attached hydrogen (secondary N) is 3. The maximum Gasteiger partial charge on any atom is 0.272 e. The van der Waals surface area contributed by atoms with Gasteiger partial charge >= 0.3 is 0 Å². The number of rotatable bonds is 8. The molecule has 2 amide bonds. The summed E-state index contributed by atoms with van der Waals surface area (Å²) in [5.74, 6) is 0.172. The van der Waals surface area contributed by atoms with E-state index in [1.54, 1.807) is 72.8 Å². The summed E-state index contributed by atoms with van der Waals surface area (Å²) < 4.78 is 5.85. The van der Waals surface area contributed by atoms with E-state index >= 15 is 0 Å². The van der Waals surface area contributed by atoms with Crippen molar-refractivity contribution >= 4 is 28.8 Å². The molecule has 9 heteroatoms. The van der Waals surface area contributed by atoms with E-state index in [0.717, 1.165) is 0 Å². The average molecular weight is 518 g/mol. The standard InChI is InChI=1S/C30H23N5O4/c36-28(21-11-3-1-4-12-21)32-27(26-24-16-7-8-17-25(24)29(37)35-33-26)30(38)34-31-19-20-10-9-15-23(18-20)39-22-13-5-2-6-14-22/h1-19,27H,(H,32,36)(H,34,38)(H,35,37)/t27-/m0/s1. The third kappa shape index (κ3) is 6.05. The number of para-hydroxylation sites is 1. The summed E-state index contributed by atoms with van der Waals surface area (Å²) in [5, 5.41) is 14.1. The highest BCUT2D eigenvalue weighted by Gasteiger charge is 2.27. The molecule has 0 saturated carbocycles. The number of hydrogen-bond donors (Lipinski definition) is 3. The van der Waals surface area contributed by atoms with Gasteiger partial charge in [0.2, 0.25) is 0 Å². The molecule has 3 N–H and O–H groups in total. The molecule has 0 aliphatic rings. The van der Waals surface area contributed by atoms with Crippen molar-refractivity contribution in [3.8, 4) is 11.5 Å². The van der Waals surface area contributed by atoms with Crippen molar-refractivity contribution in [2.24, 2.45) is 5.10 Å². The zero-order chi connectivity index (χ0) is 27.0. The molecule has 0 spiro atoms.